The van der Waals surface area contributed by atoms with E-state index in [2.05, 4.69) is 9.47 Å². The van der Waals surface area contributed by atoms with Crippen molar-refractivity contribution in [2.24, 2.45) is 0 Å². The Morgan fingerprint density at radius 3 is 2.17 bits per heavy atom. The summed E-state index contributed by atoms with van der Waals surface area (Å²) in [4.78, 5) is 13.8. The minimum absolute atomic E-state index is 0.0737. The average Bonchev–Trinajstić information content (AvgIpc) is 2.77. The highest BCUT2D eigenvalue weighted by Crippen LogP contribution is 2.49. The number of phenols is 1. The minimum atomic E-state index is -4.92. The molecule has 1 aliphatic rings. The Hall–Kier alpha value is -4.15. The van der Waals surface area contributed by atoms with Crippen LogP contribution in [0.3, 0.4) is 0 Å². The van der Waals surface area contributed by atoms with Crippen molar-refractivity contribution in [3.63, 3.8) is 0 Å². The molecule has 0 aromatic heterocycles. The molecule has 0 radical (unpaired) electrons. The van der Waals surface area contributed by atoms with Crippen LogP contribution in [-0.4, -0.2) is 30.2 Å². The van der Waals surface area contributed by atoms with Gasteiger partial charge in [-0.05, 0) is 48.0 Å². The number of hydrogen-bond donors (Lipinski definition) is 1. The maximum absolute atomic E-state index is 12.8. The maximum atomic E-state index is 12.8. The first-order chi connectivity index (χ1) is 16.4. The van der Waals surface area contributed by atoms with Crippen molar-refractivity contribution in [1.29, 1.82) is 0 Å². The molecular weight excluding hydrogens is 480 g/mol. The summed E-state index contributed by atoms with van der Waals surface area (Å²) in [7, 11) is 0. The molecule has 1 aliphatic heterocycles. The van der Waals surface area contributed by atoms with Gasteiger partial charge in [-0.25, -0.2) is 4.79 Å². The zero-order valence-electron chi connectivity index (χ0n) is 17.5. The molecule has 11 heteroatoms. The molecule has 1 N–H and O–H groups in total. The molecule has 3 aromatic rings. The summed E-state index contributed by atoms with van der Waals surface area (Å²) in [5, 5.41) is 9.67. The van der Waals surface area contributed by atoms with E-state index in [1.54, 1.807) is 24.3 Å². The molecule has 0 saturated carbocycles. The van der Waals surface area contributed by atoms with Crippen molar-refractivity contribution in [3.05, 3.63) is 78.4 Å². The second-order valence-electron chi connectivity index (χ2n) is 7.38. The standard InChI is InChI=1S/C24H15F6NO4/c25-23(26,27)13-34-22(33)12-21-18-4-2-1-3-17(18)19-11-16(35-24(28,29)30)9-10-20(19)31(21)14-5-7-15(32)8-6-14/h1-12,32H,13H2/b21-12+. The van der Waals surface area contributed by atoms with E-state index in [-0.39, 0.29) is 11.4 Å². The van der Waals surface area contributed by atoms with Gasteiger partial charge >= 0.3 is 18.5 Å². The third-order valence-corrected chi connectivity index (χ3v) is 4.92. The first-order valence-electron chi connectivity index (χ1n) is 9.95. The van der Waals surface area contributed by atoms with Crippen LogP contribution in [0.5, 0.6) is 11.5 Å². The summed E-state index contributed by atoms with van der Waals surface area (Å²) in [5.41, 5.74) is 1.89. The molecule has 5 nitrogen and oxygen atoms in total. The normalized spacial score (nSPS) is 14.3. The number of aromatic hydroxyl groups is 1. The number of halogens is 6. The fourth-order valence-corrected chi connectivity index (χ4v) is 3.64. The molecule has 1 heterocycles. The number of esters is 1. The number of carbonyl (C=O) groups excluding carboxylic acids is 1. The lowest BCUT2D eigenvalue weighted by molar-refractivity contribution is -0.274. The molecule has 0 atom stereocenters. The number of alkyl halides is 6. The smallest absolute Gasteiger partial charge is 0.508 e. The van der Waals surface area contributed by atoms with Crippen LogP contribution >= 0.6 is 0 Å². The highest BCUT2D eigenvalue weighted by atomic mass is 19.4. The van der Waals surface area contributed by atoms with E-state index in [0.717, 1.165) is 12.1 Å². The maximum Gasteiger partial charge on any atom is 0.573 e. The molecule has 182 valence electrons. The van der Waals surface area contributed by atoms with Crippen molar-refractivity contribution in [2.45, 2.75) is 12.5 Å². The highest BCUT2D eigenvalue weighted by molar-refractivity contribution is 6.07. The van der Waals surface area contributed by atoms with Crippen LogP contribution in [0.1, 0.15) is 5.56 Å². The van der Waals surface area contributed by atoms with E-state index < -0.39 is 30.9 Å². The number of ether oxygens (including phenoxy) is 2. The lowest BCUT2D eigenvalue weighted by Gasteiger charge is -2.35. The van der Waals surface area contributed by atoms with Crippen molar-refractivity contribution in [3.8, 4) is 22.6 Å². The molecule has 35 heavy (non-hydrogen) atoms. The predicted molar refractivity (Wildman–Crippen MR) is 114 cm³/mol. The van der Waals surface area contributed by atoms with Gasteiger partial charge in [0.1, 0.15) is 11.5 Å². The minimum Gasteiger partial charge on any atom is -0.508 e. The quantitative estimate of drug-likeness (QED) is 0.253. The van der Waals surface area contributed by atoms with Gasteiger partial charge in [0.2, 0.25) is 0 Å². The van der Waals surface area contributed by atoms with Crippen LogP contribution in [0.25, 0.3) is 16.8 Å². The number of benzene rings is 3. The second-order valence-corrected chi connectivity index (χ2v) is 7.38. The van der Waals surface area contributed by atoms with Gasteiger partial charge in [0, 0.05) is 22.9 Å². The van der Waals surface area contributed by atoms with E-state index in [0.29, 0.717) is 28.1 Å². The van der Waals surface area contributed by atoms with Gasteiger partial charge < -0.3 is 19.5 Å². The van der Waals surface area contributed by atoms with Crippen molar-refractivity contribution < 1.29 is 45.7 Å². The monoisotopic (exact) mass is 495 g/mol. The zero-order valence-corrected chi connectivity index (χ0v) is 17.5. The number of fused-ring (bicyclic) bond motifs is 3. The van der Waals surface area contributed by atoms with Crippen LogP contribution in [0.2, 0.25) is 0 Å². The number of rotatable bonds is 4. The summed E-state index contributed by atoms with van der Waals surface area (Å²) < 4.78 is 84.5. The SMILES string of the molecule is O=C(/C=C1\c2ccccc2-c2cc(OC(F)(F)F)ccc2N1c1ccc(O)cc1)OCC(F)(F)F. The first kappa shape index (κ1) is 24.0. The lowest BCUT2D eigenvalue weighted by atomic mass is 9.90. The van der Waals surface area contributed by atoms with E-state index >= 15 is 0 Å². The van der Waals surface area contributed by atoms with Gasteiger partial charge in [-0.3, -0.25) is 0 Å². The fourth-order valence-electron chi connectivity index (χ4n) is 3.64. The predicted octanol–water partition coefficient (Wildman–Crippen LogP) is 6.56. The van der Waals surface area contributed by atoms with E-state index in [9.17, 15) is 36.2 Å². The lowest BCUT2D eigenvalue weighted by Crippen LogP contribution is -2.24. The van der Waals surface area contributed by atoms with E-state index in [1.807, 2.05) is 0 Å². The molecule has 0 fully saturated rings. The van der Waals surface area contributed by atoms with Crippen LogP contribution < -0.4 is 9.64 Å². The van der Waals surface area contributed by atoms with Gasteiger partial charge in [-0.1, -0.05) is 24.3 Å². The third kappa shape index (κ3) is 5.51. The first-order valence-corrected chi connectivity index (χ1v) is 9.95. The Morgan fingerprint density at radius 1 is 0.886 bits per heavy atom. The number of hydrogen-bond acceptors (Lipinski definition) is 5. The second kappa shape index (κ2) is 8.90. The largest absolute Gasteiger partial charge is 0.573 e. The summed E-state index contributed by atoms with van der Waals surface area (Å²) in [6.07, 6.45) is -8.77. The Kier molecular flexibility index (Phi) is 6.10. The third-order valence-electron chi connectivity index (χ3n) is 4.92. The molecule has 0 saturated heterocycles. The number of nitrogens with zero attached hydrogens (tertiary/aromatic N) is 1. The van der Waals surface area contributed by atoms with Gasteiger partial charge in [-0.2, -0.15) is 13.2 Å². The molecule has 0 spiro atoms. The van der Waals surface area contributed by atoms with Gasteiger partial charge in [0.25, 0.3) is 0 Å². The topological polar surface area (TPSA) is 59.0 Å². The van der Waals surface area contributed by atoms with Crippen LogP contribution in [0.15, 0.2) is 72.8 Å². The fraction of sp³-hybridized carbons (Fsp3) is 0.125. The van der Waals surface area contributed by atoms with Crippen LogP contribution in [0.4, 0.5) is 37.7 Å². The van der Waals surface area contributed by atoms with E-state index in [1.165, 1.54) is 41.3 Å². The average molecular weight is 495 g/mol. The van der Waals surface area contributed by atoms with E-state index in [4.69, 9.17) is 0 Å². The van der Waals surface area contributed by atoms with Crippen molar-refractivity contribution >= 4 is 23.0 Å². The summed E-state index contributed by atoms with van der Waals surface area (Å²) in [5.74, 6) is -1.82. The summed E-state index contributed by atoms with van der Waals surface area (Å²) >= 11 is 0. The Labute approximate surface area is 194 Å². The number of anilines is 2. The molecule has 3 aromatic carbocycles. The van der Waals surface area contributed by atoms with Crippen LogP contribution in [0, 0.1) is 0 Å². The Morgan fingerprint density at radius 2 is 1.54 bits per heavy atom. The molecule has 0 unspecified atom stereocenters. The van der Waals surface area contributed by atoms with Crippen LogP contribution in [-0.2, 0) is 9.53 Å². The Bertz CT molecular complexity index is 1280. The summed E-state index contributed by atoms with van der Waals surface area (Å²) in [6, 6.07) is 15.6. The zero-order chi connectivity index (χ0) is 25.4. The highest BCUT2D eigenvalue weighted by Gasteiger charge is 2.34. The molecule has 0 amide bonds. The summed E-state index contributed by atoms with van der Waals surface area (Å²) in [6.45, 7) is -1.79. The molecule has 0 aliphatic carbocycles. The molecule has 0 bridgehead atoms. The van der Waals surface area contributed by atoms with Crippen molar-refractivity contribution in [2.75, 3.05) is 11.5 Å². The number of carbonyl (C=O) groups is 1. The molecular formula is C24H15F6NO4. The molecule has 4 rings (SSSR count). The van der Waals surface area contributed by atoms with Gasteiger partial charge in [0.15, 0.2) is 6.61 Å². The van der Waals surface area contributed by atoms with Gasteiger partial charge in [0.05, 0.1) is 11.4 Å². The number of phenolic OH excluding ortho intramolecular Hbond substituents is 1. The van der Waals surface area contributed by atoms with Crippen molar-refractivity contribution in [1.82, 2.24) is 0 Å². The van der Waals surface area contributed by atoms with Gasteiger partial charge in [-0.15, -0.1) is 13.2 Å². The Balaban J connectivity index is 1.89.